The Kier molecular flexibility index (Phi) is 16.3. The Balaban J connectivity index is 3.98. The summed E-state index contributed by atoms with van der Waals surface area (Å²) in [6, 6.07) is 0. The zero-order valence-corrected chi connectivity index (χ0v) is 20.7. The van der Waals surface area contributed by atoms with Crippen molar-refractivity contribution in [3.05, 3.63) is 59.9 Å². The Morgan fingerprint density at radius 2 is 1.70 bits per heavy atom. The van der Waals surface area contributed by atoms with E-state index in [9.17, 15) is 5.11 Å². The fourth-order valence-electron chi connectivity index (χ4n) is 3.18. The van der Waals surface area contributed by atoms with Gasteiger partial charge in [0, 0.05) is 6.42 Å². The van der Waals surface area contributed by atoms with E-state index in [2.05, 4.69) is 71.6 Å². The van der Waals surface area contributed by atoms with Gasteiger partial charge in [0.2, 0.25) is 0 Å². The molecule has 0 aromatic rings. The first kappa shape index (κ1) is 28.5. The molecular formula is C28H48O2. The second-order valence-corrected chi connectivity index (χ2v) is 9.31. The summed E-state index contributed by atoms with van der Waals surface area (Å²) in [5.41, 5.74) is 3.19. The summed E-state index contributed by atoms with van der Waals surface area (Å²) >= 11 is 0. The van der Waals surface area contributed by atoms with Gasteiger partial charge in [0.15, 0.2) is 6.29 Å². The van der Waals surface area contributed by atoms with Crippen molar-refractivity contribution < 1.29 is 9.84 Å². The third-order valence-corrected chi connectivity index (χ3v) is 5.06. The van der Waals surface area contributed by atoms with Crippen LogP contribution in [0.4, 0.5) is 0 Å². The van der Waals surface area contributed by atoms with Crippen LogP contribution in [0.25, 0.3) is 0 Å². The van der Waals surface area contributed by atoms with Crippen LogP contribution in [0.2, 0.25) is 0 Å². The molecule has 0 fully saturated rings. The van der Waals surface area contributed by atoms with Crippen molar-refractivity contribution in [2.45, 2.75) is 112 Å². The minimum atomic E-state index is -0.741. The molecule has 2 nitrogen and oxygen atoms in total. The van der Waals surface area contributed by atoms with Gasteiger partial charge in [-0.25, -0.2) is 0 Å². The van der Waals surface area contributed by atoms with Crippen molar-refractivity contribution in [3.63, 3.8) is 0 Å². The monoisotopic (exact) mass is 416 g/mol. The van der Waals surface area contributed by atoms with Crippen molar-refractivity contribution in [2.75, 3.05) is 0 Å². The van der Waals surface area contributed by atoms with Crippen LogP contribution in [0.1, 0.15) is 106 Å². The zero-order valence-electron chi connectivity index (χ0n) is 20.7. The fourth-order valence-corrected chi connectivity index (χ4v) is 3.18. The van der Waals surface area contributed by atoms with Gasteiger partial charge in [-0.2, -0.15) is 0 Å². The van der Waals surface area contributed by atoms with Gasteiger partial charge in [-0.05, 0) is 77.2 Å². The van der Waals surface area contributed by atoms with E-state index in [1.807, 2.05) is 13.0 Å². The molecule has 172 valence electrons. The molecule has 0 saturated carbocycles. The third kappa shape index (κ3) is 18.5. The SMILES string of the molecule is C=C(C=CCCC=CC(C)(C)CCCCC=C(C)CCC=C(C)C)OC(O)CCC. The Hall–Kier alpha value is -1.54. The van der Waals surface area contributed by atoms with Gasteiger partial charge in [-0.3, -0.25) is 0 Å². The van der Waals surface area contributed by atoms with Crippen LogP contribution in [0.3, 0.4) is 0 Å². The molecule has 0 aliphatic carbocycles. The van der Waals surface area contributed by atoms with Gasteiger partial charge in [0.1, 0.15) is 5.76 Å². The van der Waals surface area contributed by atoms with Crippen LogP contribution >= 0.6 is 0 Å². The van der Waals surface area contributed by atoms with Crippen LogP contribution in [-0.4, -0.2) is 11.4 Å². The third-order valence-electron chi connectivity index (χ3n) is 5.06. The minimum absolute atomic E-state index is 0.253. The summed E-state index contributed by atoms with van der Waals surface area (Å²) in [7, 11) is 0. The van der Waals surface area contributed by atoms with E-state index in [1.54, 1.807) is 0 Å². The number of hydrogen-bond acceptors (Lipinski definition) is 2. The molecule has 1 unspecified atom stereocenters. The molecule has 0 aromatic heterocycles. The largest absolute Gasteiger partial charge is 0.466 e. The van der Waals surface area contributed by atoms with Crippen molar-refractivity contribution >= 4 is 0 Å². The molecule has 0 bridgehead atoms. The van der Waals surface area contributed by atoms with E-state index in [0.29, 0.717) is 12.2 Å². The molecule has 0 radical (unpaired) electrons. The topological polar surface area (TPSA) is 29.5 Å². The zero-order chi connectivity index (χ0) is 22.8. The molecule has 0 aliphatic rings. The molecule has 0 heterocycles. The predicted octanol–water partition coefficient (Wildman–Crippen LogP) is 8.81. The quantitative estimate of drug-likeness (QED) is 0.0843. The van der Waals surface area contributed by atoms with E-state index >= 15 is 0 Å². The maximum atomic E-state index is 9.60. The molecular weight excluding hydrogens is 368 g/mol. The Morgan fingerprint density at radius 1 is 1.00 bits per heavy atom. The van der Waals surface area contributed by atoms with E-state index in [-0.39, 0.29) is 5.41 Å². The lowest BCUT2D eigenvalue weighted by Gasteiger charge is -2.19. The Bertz CT molecular complexity index is 571. The van der Waals surface area contributed by atoms with E-state index in [1.165, 1.54) is 49.7 Å². The molecule has 0 amide bonds. The number of rotatable bonds is 17. The predicted molar refractivity (Wildman–Crippen MR) is 133 cm³/mol. The molecule has 0 aromatic carbocycles. The number of allylic oxidation sites excluding steroid dienone is 8. The van der Waals surface area contributed by atoms with Gasteiger partial charge >= 0.3 is 0 Å². The van der Waals surface area contributed by atoms with E-state index in [4.69, 9.17) is 4.74 Å². The van der Waals surface area contributed by atoms with Crippen LogP contribution < -0.4 is 0 Å². The number of ether oxygens (including phenoxy) is 1. The maximum Gasteiger partial charge on any atom is 0.197 e. The normalized spacial score (nSPS) is 13.8. The van der Waals surface area contributed by atoms with Crippen LogP contribution in [0.5, 0.6) is 0 Å². The van der Waals surface area contributed by atoms with Crippen molar-refractivity contribution in [2.24, 2.45) is 5.41 Å². The lowest BCUT2D eigenvalue weighted by atomic mass is 9.86. The van der Waals surface area contributed by atoms with Gasteiger partial charge in [-0.1, -0.05) is 81.7 Å². The fraction of sp³-hybridized carbons (Fsp3) is 0.643. The van der Waals surface area contributed by atoms with E-state index < -0.39 is 6.29 Å². The molecule has 0 aliphatic heterocycles. The second kappa shape index (κ2) is 17.2. The molecule has 1 atom stereocenters. The minimum Gasteiger partial charge on any atom is -0.466 e. The highest BCUT2D eigenvalue weighted by molar-refractivity contribution is 5.08. The molecule has 0 rings (SSSR count). The highest BCUT2D eigenvalue weighted by Gasteiger charge is 2.12. The van der Waals surface area contributed by atoms with Crippen molar-refractivity contribution in [1.82, 2.24) is 0 Å². The van der Waals surface area contributed by atoms with E-state index in [0.717, 1.165) is 19.3 Å². The molecule has 30 heavy (non-hydrogen) atoms. The van der Waals surface area contributed by atoms with Gasteiger partial charge in [0.25, 0.3) is 0 Å². The summed E-state index contributed by atoms with van der Waals surface area (Å²) in [4.78, 5) is 0. The molecule has 2 heteroatoms. The number of aliphatic hydroxyl groups excluding tert-OH is 1. The summed E-state index contributed by atoms with van der Waals surface area (Å²) in [6.45, 7) is 17.1. The average Bonchev–Trinajstić information content (AvgIpc) is 2.64. The molecule has 0 saturated heterocycles. The highest BCUT2D eigenvalue weighted by atomic mass is 16.6. The van der Waals surface area contributed by atoms with Crippen LogP contribution in [-0.2, 0) is 4.74 Å². The van der Waals surface area contributed by atoms with Gasteiger partial charge in [0.05, 0.1) is 0 Å². The summed E-state index contributed by atoms with van der Waals surface area (Å²) in [5, 5.41) is 9.60. The lowest BCUT2D eigenvalue weighted by Crippen LogP contribution is -2.09. The molecule has 1 N–H and O–H groups in total. The standard InChI is InChI=1S/C28H48O2/c1-8-17-27(29)30-26(5)21-13-9-10-14-22-28(6,7)23-15-11-12-19-25(4)20-16-18-24(2)3/h13-14,18-19,21-22,27,29H,5,8-12,15-17,20,23H2,1-4,6-7H3. The second-order valence-electron chi connectivity index (χ2n) is 9.31. The van der Waals surface area contributed by atoms with Crippen molar-refractivity contribution in [1.29, 1.82) is 0 Å². The maximum absolute atomic E-state index is 9.60. The number of aliphatic hydroxyl groups is 1. The first-order chi connectivity index (χ1) is 14.2. The van der Waals surface area contributed by atoms with Gasteiger partial charge < -0.3 is 9.84 Å². The Labute approximate surface area is 187 Å². The average molecular weight is 417 g/mol. The lowest BCUT2D eigenvalue weighted by molar-refractivity contribution is -0.0650. The highest BCUT2D eigenvalue weighted by Crippen LogP contribution is 2.26. The Morgan fingerprint density at radius 3 is 2.37 bits per heavy atom. The number of hydrogen-bond donors (Lipinski definition) is 1. The first-order valence-electron chi connectivity index (χ1n) is 11.8. The molecule has 0 spiro atoms. The first-order valence-corrected chi connectivity index (χ1v) is 11.8. The number of unbranched alkanes of at least 4 members (excludes halogenated alkanes) is 3. The summed E-state index contributed by atoms with van der Waals surface area (Å²) in [5.74, 6) is 0.529. The van der Waals surface area contributed by atoms with Gasteiger partial charge in [-0.15, -0.1) is 0 Å². The van der Waals surface area contributed by atoms with Crippen LogP contribution in [0.15, 0.2) is 59.9 Å². The smallest absolute Gasteiger partial charge is 0.197 e. The summed E-state index contributed by atoms with van der Waals surface area (Å²) in [6.07, 6.45) is 23.4. The summed E-state index contributed by atoms with van der Waals surface area (Å²) < 4.78 is 5.31. The van der Waals surface area contributed by atoms with Crippen molar-refractivity contribution in [3.8, 4) is 0 Å². The van der Waals surface area contributed by atoms with Crippen LogP contribution in [0, 0.1) is 5.41 Å².